The van der Waals surface area contributed by atoms with Crippen molar-refractivity contribution in [2.24, 2.45) is 0 Å². The number of quaternary nitrogens is 1. The van der Waals surface area contributed by atoms with Gasteiger partial charge in [-0.25, -0.2) is 4.79 Å². The normalized spacial score (nSPS) is 9.96. The monoisotopic (exact) mass is 388 g/mol. The van der Waals surface area contributed by atoms with Crippen molar-refractivity contribution in [2.45, 2.75) is 33.1 Å². The number of carboxylic acid groups (broad SMARTS) is 1. The Balaban J connectivity index is 0.000000696. The zero-order chi connectivity index (χ0) is 20.8. The number of benzene rings is 2. The molecular formula is C22H32N2O4. The highest BCUT2D eigenvalue weighted by molar-refractivity contribution is 5.91. The zero-order valence-corrected chi connectivity index (χ0v) is 17.0. The molecule has 0 spiro atoms. The minimum absolute atomic E-state index is 0.201. The van der Waals surface area contributed by atoms with Crippen LogP contribution in [0.3, 0.4) is 0 Å². The van der Waals surface area contributed by atoms with E-state index in [1.165, 1.54) is 30.8 Å². The van der Waals surface area contributed by atoms with Gasteiger partial charge in [-0.2, -0.15) is 0 Å². The molecular weight excluding hydrogens is 356 g/mol. The molecule has 6 nitrogen and oxygen atoms in total. The number of ether oxygens (including phenoxy) is 1. The number of hydrogen-bond donors (Lipinski definition) is 3. The summed E-state index contributed by atoms with van der Waals surface area (Å²) in [6.07, 6.45) is 2.95. The molecule has 0 heterocycles. The molecule has 0 aliphatic heterocycles. The predicted octanol–water partition coefficient (Wildman–Crippen LogP) is 2.49. The van der Waals surface area contributed by atoms with Crippen LogP contribution >= 0.6 is 0 Å². The average molecular weight is 389 g/mol. The first-order valence-electron chi connectivity index (χ1n) is 9.74. The van der Waals surface area contributed by atoms with Gasteiger partial charge in [0.2, 0.25) is 0 Å². The van der Waals surface area contributed by atoms with Crippen LogP contribution < -0.4 is 20.5 Å². The zero-order valence-electron chi connectivity index (χ0n) is 17.0. The Labute approximate surface area is 167 Å². The van der Waals surface area contributed by atoms with Crippen molar-refractivity contribution in [2.75, 3.05) is 32.1 Å². The summed E-state index contributed by atoms with van der Waals surface area (Å²) in [5.74, 6) is -0.813. The highest BCUT2D eigenvalue weighted by Crippen LogP contribution is 2.19. The molecule has 0 aliphatic rings. The molecule has 4 N–H and O–H groups in total. The summed E-state index contributed by atoms with van der Waals surface area (Å²) in [5.41, 5.74) is 1.72. The Hall–Kier alpha value is -2.73. The summed E-state index contributed by atoms with van der Waals surface area (Å²) >= 11 is 0. The molecule has 0 radical (unpaired) electrons. The third-order valence-electron chi connectivity index (χ3n) is 4.17. The number of unbranched alkanes of at least 4 members (excludes halogenated alkanes) is 1. The topological polar surface area (TPSA) is 98.2 Å². The molecule has 0 saturated carbocycles. The number of nitrogens with two attached hydrogens (primary N) is 1. The van der Waals surface area contributed by atoms with Crippen molar-refractivity contribution in [1.29, 1.82) is 0 Å². The van der Waals surface area contributed by atoms with Crippen molar-refractivity contribution in [3.05, 3.63) is 53.6 Å². The van der Waals surface area contributed by atoms with Crippen molar-refractivity contribution < 1.29 is 25.1 Å². The first kappa shape index (κ1) is 23.3. The molecule has 28 heavy (non-hydrogen) atoms. The molecule has 0 unspecified atom stereocenters. The van der Waals surface area contributed by atoms with Gasteiger partial charge in [0.25, 0.3) is 0 Å². The lowest BCUT2D eigenvalue weighted by atomic mass is 10.1. The fraction of sp³-hybridized carbons (Fsp3) is 0.409. The largest absolute Gasteiger partial charge is 0.872 e. The molecule has 6 heteroatoms. The maximum atomic E-state index is 11.4. The van der Waals surface area contributed by atoms with Crippen molar-refractivity contribution in [1.82, 2.24) is 0 Å². The first-order valence-corrected chi connectivity index (χ1v) is 9.74. The van der Waals surface area contributed by atoms with Gasteiger partial charge in [0.15, 0.2) is 0 Å². The van der Waals surface area contributed by atoms with Gasteiger partial charge >= 0.3 is 5.97 Å². The van der Waals surface area contributed by atoms with Crippen LogP contribution in [0.2, 0.25) is 0 Å². The van der Waals surface area contributed by atoms with Gasteiger partial charge in [-0.1, -0.05) is 23.9 Å². The molecule has 2 aromatic carbocycles. The van der Waals surface area contributed by atoms with Crippen LogP contribution in [0, 0.1) is 0 Å². The standard InChI is InChI=1S/C18H21NO4.C4H11N/c1-23-15-8-5-13(6-9-15)4-2-3-11-19-14-7-10-17(20)16(12-14)18(21)22;1-3-5-4-2/h5-10,12,19-20H,2-4,11H2,1H3,(H,21,22);5H,3-4H2,1-2H3. The average Bonchev–Trinajstić information content (AvgIpc) is 2.70. The van der Waals surface area contributed by atoms with Crippen molar-refractivity contribution >= 4 is 11.7 Å². The van der Waals surface area contributed by atoms with Crippen molar-refractivity contribution in [3.63, 3.8) is 0 Å². The highest BCUT2D eigenvalue weighted by Gasteiger charge is 2.04. The van der Waals surface area contributed by atoms with Gasteiger partial charge in [0.05, 0.1) is 25.8 Å². The molecule has 0 atom stereocenters. The number of carboxylic acids is 1. The lowest BCUT2D eigenvalue weighted by Gasteiger charge is -2.13. The second-order valence-electron chi connectivity index (χ2n) is 6.35. The van der Waals surface area contributed by atoms with Gasteiger partial charge in [0.1, 0.15) is 5.75 Å². The van der Waals surface area contributed by atoms with Crippen LogP contribution in [0.1, 0.15) is 42.6 Å². The number of aromatic carboxylic acids is 1. The van der Waals surface area contributed by atoms with Gasteiger partial charge in [-0.15, -0.1) is 0 Å². The maximum absolute atomic E-state index is 11.4. The van der Waals surface area contributed by atoms with E-state index in [0.29, 0.717) is 5.69 Å². The molecule has 154 valence electrons. The quantitative estimate of drug-likeness (QED) is 0.543. The van der Waals surface area contributed by atoms with Gasteiger partial charge < -0.3 is 25.6 Å². The molecule has 0 saturated heterocycles. The summed E-state index contributed by atoms with van der Waals surface area (Å²) in [7, 11) is 1.65. The number of nitrogens with one attached hydrogen (secondary N) is 1. The molecule has 0 fully saturated rings. The van der Waals surface area contributed by atoms with Gasteiger partial charge in [-0.05, 0) is 62.9 Å². The molecule has 0 amide bonds. The van der Waals surface area contributed by atoms with Crippen LogP contribution in [0.15, 0.2) is 42.5 Å². The fourth-order valence-electron chi connectivity index (χ4n) is 2.57. The number of methoxy groups -OCH3 is 1. The molecule has 0 aliphatic carbocycles. The Morgan fingerprint density at radius 2 is 1.79 bits per heavy atom. The van der Waals surface area contributed by atoms with E-state index in [1.807, 2.05) is 12.1 Å². The van der Waals surface area contributed by atoms with Crippen LogP contribution in [0.5, 0.6) is 11.5 Å². The van der Waals surface area contributed by atoms with E-state index >= 15 is 0 Å². The SMILES string of the molecule is CC[NH2+]CC.COc1ccc(CCCCNc2ccc([O-])c(C(=O)O)c2)cc1. The van der Waals surface area contributed by atoms with E-state index in [0.717, 1.165) is 31.6 Å². The minimum atomic E-state index is -1.20. The molecule has 0 aromatic heterocycles. The number of aryl methyl sites for hydroxylation is 1. The van der Waals surface area contributed by atoms with Crippen LogP contribution in [-0.4, -0.2) is 37.8 Å². The van der Waals surface area contributed by atoms with Crippen LogP contribution in [0.25, 0.3) is 0 Å². The second-order valence-corrected chi connectivity index (χ2v) is 6.35. The highest BCUT2D eigenvalue weighted by atomic mass is 16.5. The van der Waals surface area contributed by atoms with E-state index in [4.69, 9.17) is 9.84 Å². The summed E-state index contributed by atoms with van der Waals surface area (Å²) in [6.45, 7) is 7.48. The minimum Gasteiger partial charge on any atom is -0.872 e. The van der Waals surface area contributed by atoms with Crippen molar-refractivity contribution in [3.8, 4) is 11.5 Å². The smallest absolute Gasteiger partial charge is 0.335 e. The van der Waals surface area contributed by atoms with E-state index in [2.05, 4.69) is 36.6 Å². The number of anilines is 1. The Bertz CT molecular complexity index is 700. The lowest BCUT2D eigenvalue weighted by Crippen LogP contribution is -2.82. The number of hydrogen-bond acceptors (Lipinski definition) is 4. The maximum Gasteiger partial charge on any atom is 0.335 e. The van der Waals surface area contributed by atoms with Gasteiger partial charge in [-0.3, -0.25) is 0 Å². The van der Waals surface area contributed by atoms with E-state index in [-0.39, 0.29) is 5.56 Å². The van der Waals surface area contributed by atoms with Crippen LogP contribution in [0.4, 0.5) is 5.69 Å². The molecule has 2 aromatic rings. The van der Waals surface area contributed by atoms with E-state index in [9.17, 15) is 9.90 Å². The first-order chi connectivity index (χ1) is 13.5. The van der Waals surface area contributed by atoms with Gasteiger partial charge in [0, 0.05) is 12.2 Å². The molecule has 2 rings (SSSR count). The Kier molecular flexibility index (Phi) is 11.2. The third kappa shape index (κ3) is 8.77. The third-order valence-corrected chi connectivity index (χ3v) is 4.17. The summed E-state index contributed by atoms with van der Waals surface area (Å²) in [5, 5.41) is 25.7. The number of rotatable bonds is 10. The summed E-state index contributed by atoms with van der Waals surface area (Å²) < 4.78 is 5.12. The fourth-order valence-corrected chi connectivity index (χ4v) is 2.57. The summed E-state index contributed by atoms with van der Waals surface area (Å²) in [6, 6.07) is 12.3. The van der Waals surface area contributed by atoms with Crippen LogP contribution in [-0.2, 0) is 6.42 Å². The lowest BCUT2D eigenvalue weighted by molar-refractivity contribution is -0.648. The molecule has 0 bridgehead atoms. The number of carbonyl (C=O) groups is 1. The van der Waals surface area contributed by atoms with E-state index < -0.39 is 11.7 Å². The summed E-state index contributed by atoms with van der Waals surface area (Å²) in [4.78, 5) is 10.9. The Morgan fingerprint density at radius 1 is 1.11 bits per heavy atom. The predicted molar refractivity (Wildman–Crippen MR) is 110 cm³/mol. The second kappa shape index (κ2) is 13.4. The van der Waals surface area contributed by atoms with E-state index in [1.54, 1.807) is 13.2 Å². The Morgan fingerprint density at radius 3 is 2.32 bits per heavy atom.